The molecule has 0 aliphatic rings. The van der Waals surface area contributed by atoms with Crippen molar-refractivity contribution >= 4 is 16.6 Å². The summed E-state index contributed by atoms with van der Waals surface area (Å²) in [6.45, 7) is 2.57. The number of ether oxygens (including phenoxy) is 1. The number of fused-ring (bicyclic) bond motifs is 1. The van der Waals surface area contributed by atoms with Gasteiger partial charge in [0.1, 0.15) is 12.4 Å². The summed E-state index contributed by atoms with van der Waals surface area (Å²) >= 11 is 0. The van der Waals surface area contributed by atoms with Crippen LogP contribution in [0.3, 0.4) is 0 Å². The average Bonchev–Trinajstić information content (AvgIpc) is 2.79. The SMILES string of the molecule is Cc1ccccc1OCc1cc2ccc(N)cc2[nH]1. The van der Waals surface area contributed by atoms with Gasteiger partial charge in [-0.15, -0.1) is 0 Å². The Hall–Kier alpha value is -2.42. The summed E-state index contributed by atoms with van der Waals surface area (Å²) in [5.74, 6) is 0.917. The lowest BCUT2D eigenvalue weighted by molar-refractivity contribution is 0.300. The molecule has 0 fully saturated rings. The van der Waals surface area contributed by atoms with Crippen molar-refractivity contribution in [3.63, 3.8) is 0 Å². The Morgan fingerprint density at radius 1 is 1.11 bits per heavy atom. The lowest BCUT2D eigenvalue weighted by Crippen LogP contribution is -1.96. The number of nitrogen functional groups attached to an aromatic ring is 1. The monoisotopic (exact) mass is 252 g/mol. The molecule has 1 aromatic heterocycles. The number of para-hydroxylation sites is 1. The van der Waals surface area contributed by atoms with Crippen molar-refractivity contribution in [2.45, 2.75) is 13.5 Å². The van der Waals surface area contributed by atoms with Gasteiger partial charge in [0.2, 0.25) is 0 Å². The number of nitrogens with one attached hydrogen (secondary N) is 1. The molecule has 3 nitrogen and oxygen atoms in total. The molecule has 0 spiro atoms. The molecule has 0 amide bonds. The third-order valence-electron chi connectivity index (χ3n) is 3.18. The van der Waals surface area contributed by atoms with Gasteiger partial charge in [0.25, 0.3) is 0 Å². The highest BCUT2D eigenvalue weighted by atomic mass is 16.5. The van der Waals surface area contributed by atoms with E-state index in [1.807, 2.05) is 49.4 Å². The smallest absolute Gasteiger partial charge is 0.128 e. The van der Waals surface area contributed by atoms with E-state index >= 15 is 0 Å². The van der Waals surface area contributed by atoms with Gasteiger partial charge in [0, 0.05) is 11.2 Å². The molecule has 0 saturated carbocycles. The first-order valence-corrected chi connectivity index (χ1v) is 6.28. The molecule has 3 N–H and O–H groups in total. The minimum absolute atomic E-state index is 0.527. The topological polar surface area (TPSA) is 51.0 Å². The van der Waals surface area contributed by atoms with Crippen molar-refractivity contribution < 1.29 is 4.74 Å². The summed E-state index contributed by atoms with van der Waals surface area (Å²) in [7, 11) is 0. The summed E-state index contributed by atoms with van der Waals surface area (Å²) in [4.78, 5) is 3.32. The molecule has 0 unspecified atom stereocenters. The van der Waals surface area contributed by atoms with Crippen LogP contribution >= 0.6 is 0 Å². The Bertz CT molecular complexity index is 716. The highest BCUT2D eigenvalue weighted by Crippen LogP contribution is 2.21. The predicted octanol–water partition coefficient (Wildman–Crippen LogP) is 3.64. The van der Waals surface area contributed by atoms with Crippen LogP contribution < -0.4 is 10.5 Å². The van der Waals surface area contributed by atoms with Crippen LogP contribution in [0.15, 0.2) is 48.5 Å². The molecule has 0 aliphatic heterocycles. The van der Waals surface area contributed by atoms with Gasteiger partial charge in [-0.3, -0.25) is 0 Å². The molecule has 0 atom stereocenters. The van der Waals surface area contributed by atoms with E-state index in [1.54, 1.807) is 0 Å². The Kier molecular flexibility index (Phi) is 2.88. The predicted molar refractivity (Wildman–Crippen MR) is 78.2 cm³/mol. The second kappa shape index (κ2) is 4.69. The fourth-order valence-electron chi connectivity index (χ4n) is 2.16. The maximum atomic E-state index is 5.82. The maximum Gasteiger partial charge on any atom is 0.128 e. The van der Waals surface area contributed by atoms with Crippen LogP contribution in [0.1, 0.15) is 11.3 Å². The molecule has 3 heteroatoms. The minimum atomic E-state index is 0.527. The van der Waals surface area contributed by atoms with Gasteiger partial charge in [-0.2, -0.15) is 0 Å². The fraction of sp³-hybridized carbons (Fsp3) is 0.125. The van der Waals surface area contributed by atoms with E-state index in [0.29, 0.717) is 6.61 Å². The zero-order valence-electron chi connectivity index (χ0n) is 10.8. The van der Waals surface area contributed by atoms with Crippen molar-refractivity contribution in [2.24, 2.45) is 0 Å². The third-order valence-corrected chi connectivity index (χ3v) is 3.18. The molecular formula is C16H16N2O. The number of aromatic nitrogens is 1. The Morgan fingerprint density at radius 2 is 1.95 bits per heavy atom. The number of benzene rings is 2. The quantitative estimate of drug-likeness (QED) is 0.699. The summed E-state index contributed by atoms with van der Waals surface area (Å²) in [5.41, 5.74) is 9.76. The lowest BCUT2D eigenvalue weighted by Gasteiger charge is -2.07. The first-order valence-electron chi connectivity index (χ1n) is 6.28. The fourth-order valence-corrected chi connectivity index (χ4v) is 2.16. The summed E-state index contributed by atoms with van der Waals surface area (Å²) in [5, 5.41) is 1.15. The number of aromatic amines is 1. The summed E-state index contributed by atoms with van der Waals surface area (Å²) in [6.07, 6.45) is 0. The van der Waals surface area contributed by atoms with Crippen LogP contribution in [-0.4, -0.2) is 4.98 Å². The number of rotatable bonds is 3. The van der Waals surface area contributed by atoms with Crippen LogP contribution in [0.4, 0.5) is 5.69 Å². The van der Waals surface area contributed by atoms with E-state index in [-0.39, 0.29) is 0 Å². The van der Waals surface area contributed by atoms with Gasteiger partial charge in [0.15, 0.2) is 0 Å². The van der Waals surface area contributed by atoms with Crippen LogP contribution in [0, 0.1) is 6.92 Å². The van der Waals surface area contributed by atoms with E-state index in [1.165, 1.54) is 0 Å². The normalized spacial score (nSPS) is 10.8. The van der Waals surface area contributed by atoms with Gasteiger partial charge < -0.3 is 15.5 Å². The van der Waals surface area contributed by atoms with E-state index in [4.69, 9.17) is 10.5 Å². The van der Waals surface area contributed by atoms with E-state index in [2.05, 4.69) is 11.1 Å². The molecule has 2 aromatic carbocycles. The Morgan fingerprint density at radius 3 is 2.79 bits per heavy atom. The van der Waals surface area contributed by atoms with E-state index < -0.39 is 0 Å². The standard InChI is InChI=1S/C16H16N2O/c1-11-4-2-3-5-16(11)19-10-14-8-12-6-7-13(17)9-15(12)18-14/h2-9,18H,10,17H2,1H3. The number of H-pyrrole nitrogens is 1. The molecule has 1 heterocycles. The Balaban J connectivity index is 1.80. The number of aryl methyl sites for hydroxylation is 1. The molecule has 19 heavy (non-hydrogen) atoms. The van der Waals surface area contributed by atoms with E-state index in [9.17, 15) is 0 Å². The Labute approximate surface area is 112 Å². The molecule has 0 aliphatic carbocycles. The molecule has 0 bridgehead atoms. The number of nitrogens with two attached hydrogens (primary N) is 1. The minimum Gasteiger partial charge on any atom is -0.487 e. The number of hydrogen-bond donors (Lipinski definition) is 2. The molecular weight excluding hydrogens is 236 g/mol. The summed E-state index contributed by atoms with van der Waals surface area (Å²) in [6, 6.07) is 16.0. The lowest BCUT2D eigenvalue weighted by atomic mass is 10.2. The van der Waals surface area contributed by atoms with Gasteiger partial charge in [-0.25, -0.2) is 0 Å². The second-order valence-corrected chi connectivity index (χ2v) is 4.70. The van der Waals surface area contributed by atoms with Crippen LogP contribution in [0.25, 0.3) is 10.9 Å². The zero-order chi connectivity index (χ0) is 13.2. The van der Waals surface area contributed by atoms with Gasteiger partial charge in [-0.05, 0) is 42.1 Å². The number of hydrogen-bond acceptors (Lipinski definition) is 2. The van der Waals surface area contributed by atoms with Crippen molar-refractivity contribution in [3.05, 3.63) is 59.8 Å². The highest BCUT2D eigenvalue weighted by molar-refractivity contribution is 5.83. The largest absolute Gasteiger partial charge is 0.487 e. The van der Waals surface area contributed by atoms with Crippen LogP contribution in [-0.2, 0) is 6.61 Å². The second-order valence-electron chi connectivity index (χ2n) is 4.70. The zero-order valence-corrected chi connectivity index (χ0v) is 10.8. The van der Waals surface area contributed by atoms with Crippen molar-refractivity contribution in [2.75, 3.05) is 5.73 Å². The van der Waals surface area contributed by atoms with Gasteiger partial charge in [-0.1, -0.05) is 24.3 Å². The first-order chi connectivity index (χ1) is 9.22. The highest BCUT2D eigenvalue weighted by Gasteiger charge is 2.03. The number of anilines is 1. The van der Waals surface area contributed by atoms with Crippen LogP contribution in [0.5, 0.6) is 5.75 Å². The van der Waals surface area contributed by atoms with Gasteiger partial charge >= 0.3 is 0 Å². The van der Waals surface area contributed by atoms with Crippen LogP contribution in [0.2, 0.25) is 0 Å². The molecule has 3 aromatic rings. The molecule has 96 valence electrons. The van der Waals surface area contributed by atoms with Crippen molar-refractivity contribution in [3.8, 4) is 5.75 Å². The molecule has 0 radical (unpaired) electrons. The molecule has 3 rings (SSSR count). The van der Waals surface area contributed by atoms with Gasteiger partial charge in [0.05, 0.1) is 5.69 Å². The van der Waals surface area contributed by atoms with Crippen molar-refractivity contribution in [1.29, 1.82) is 0 Å². The molecule has 0 saturated heterocycles. The van der Waals surface area contributed by atoms with Crippen molar-refractivity contribution in [1.82, 2.24) is 4.98 Å². The average molecular weight is 252 g/mol. The maximum absolute atomic E-state index is 5.82. The van der Waals surface area contributed by atoms with E-state index in [0.717, 1.165) is 33.6 Å². The third kappa shape index (κ3) is 2.40. The summed E-state index contributed by atoms with van der Waals surface area (Å²) < 4.78 is 5.82. The first kappa shape index (κ1) is 11.7.